The fraction of sp³-hybridized carbons (Fsp3) is 0.263. The van der Waals surface area contributed by atoms with Crippen molar-refractivity contribution in [3.05, 3.63) is 65.7 Å². The van der Waals surface area contributed by atoms with Crippen molar-refractivity contribution in [2.24, 2.45) is 5.92 Å². The Morgan fingerprint density at radius 1 is 1.08 bits per heavy atom. The summed E-state index contributed by atoms with van der Waals surface area (Å²) in [5, 5.41) is 9.02. The minimum Gasteiger partial charge on any atom is -0.489 e. The second-order valence-corrected chi connectivity index (χ2v) is 5.87. The van der Waals surface area contributed by atoms with Crippen molar-refractivity contribution in [3.8, 4) is 5.75 Å². The normalized spacial score (nSPS) is 16.8. The smallest absolute Gasteiger partial charge is 0.308 e. The van der Waals surface area contributed by atoms with Gasteiger partial charge in [-0.3, -0.25) is 9.59 Å². The number of ether oxygens (including phenoxy) is 1. The van der Waals surface area contributed by atoms with Crippen LogP contribution in [0.2, 0.25) is 0 Å². The van der Waals surface area contributed by atoms with Crippen LogP contribution in [0.1, 0.15) is 22.3 Å². The van der Waals surface area contributed by atoms with Crippen LogP contribution in [0.3, 0.4) is 0 Å². The first-order valence-corrected chi connectivity index (χ1v) is 7.92. The largest absolute Gasteiger partial charge is 0.489 e. The molecular formula is C19H19NO4. The summed E-state index contributed by atoms with van der Waals surface area (Å²) in [7, 11) is 0. The van der Waals surface area contributed by atoms with Gasteiger partial charge in [-0.15, -0.1) is 0 Å². The van der Waals surface area contributed by atoms with E-state index in [9.17, 15) is 9.59 Å². The zero-order chi connectivity index (χ0) is 16.9. The Labute approximate surface area is 140 Å². The summed E-state index contributed by atoms with van der Waals surface area (Å²) in [6.07, 6.45) is 0.518. The van der Waals surface area contributed by atoms with Gasteiger partial charge < -0.3 is 14.7 Å². The second kappa shape index (κ2) is 7.17. The highest BCUT2D eigenvalue weighted by Gasteiger charge is 2.31. The van der Waals surface area contributed by atoms with Gasteiger partial charge in [0.25, 0.3) is 5.91 Å². The highest BCUT2D eigenvalue weighted by Crippen LogP contribution is 2.19. The predicted octanol–water partition coefficient (Wildman–Crippen LogP) is 2.81. The van der Waals surface area contributed by atoms with E-state index in [1.807, 2.05) is 42.5 Å². The molecule has 0 aromatic heterocycles. The summed E-state index contributed by atoms with van der Waals surface area (Å²) in [6.45, 7) is 1.21. The minimum atomic E-state index is -0.835. The molecule has 0 aliphatic carbocycles. The Bertz CT molecular complexity index is 712. The first-order chi connectivity index (χ1) is 11.6. The van der Waals surface area contributed by atoms with Crippen LogP contribution in [-0.4, -0.2) is 35.0 Å². The Morgan fingerprint density at radius 2 is 1.79 bits per heavy atom. The zero-order valence-corrected chi connectivity index (χ0v) is 13.2. The molecule has 1 saturated heterocycles. The number of benzene rings is 2. The van der Waals surface area contributed by atoms with Crippen LogP contribution in [-0.2, 0) is 11.4 Å². The maximum absolute atomic E-state index is 12.4. The van der Waals surface area contributed by atoms with Crippen LogP contribution < -0.4 is 4.74 Å². The molecule has 5 heteroatoms. The maximum atomic E-state index is 12.4. The van der Waals surface area contributed by atoms with E-state index in [-0.39, 0.29) is 12.5 Å². The van der Waals surface area contributed by atoms with Crippen molar-refractivity contribution in [3.63, 3.8) is 0 Å². The van der Waals surface area contributed by atoms with Crippen LogP contribution in [0.4, 0.5) is 0 Å². The SMILES string of the molecule is O=C(O)C1CCN(C(=O)c2ccc(COc3ccccc3)cc2)C1. The molecular weight excluding hydrogens is 306 g/mol. The third kappa shape index (κ3) is 3.74. The van der Waals surface area contributed by atoms with Crippen molar-refractivity contribution in [1.82, 2.24) is 4.90 Å². The maximum Gasteiger partial charge on any atom is 0.308 e. The van der Waals surface area contributed by atoms with Gasteiger partial charge in [0, 0.05) is 18.7 Å². The Hall–Kier alpha value is -2.82. The van der Waals surface area contributed by atoms with Crippen molar-refractivity contribution >= 4 is 11.9 Å². The van der Waals surface area contributed by atoms with Crippen molar-refractivity contribution in [1.29, 1.82) is 0 Å². The highest BCUT2D eigenvalue weighted by atomic mass is 16.5. The predicted molar refractivity (Wildman–Crippen MR) is 88.9 cm³/mol. The van der Waals surface area contributed by atoms with E-state index < -0.39 is 11.9 Å². The lowest BCUT2D eigenvalue weighted by Crippen LogP contribution is -2.29. The fourth-order valence-electron chi connectivity index (χ4n) is 2.76. The van der Waals surface area contributed by atoms with Crippen LogP contribution in [0, 0.1) is 5.92 Å². The van der Waals surface area contributed by atoms with E-state index in [1.54, 1.807) is 17.0 Å². The fourth-order valence-corrected chi connectivity index (χ4v) is 2.76. The molecule has 0 saturated carbocycles. The summed E-state index contributed by atoms with van der Waals surface area (Å²) in [5.74, 6) is -0.602. The summed E-state index contributed by atoms with van der Waals surface area (Å²) in [4.78, 5) is 25.0. The van der Waals surface area contributed by atoms with Gasteiger partial charge in [0.2, 0.25) is 0 Å². The summed E-state index contributed by atoms with van der Waals surface area (Å²) in [5.41, 5.74) is 1.55. The third-order valence-corrected chi connectivity index (χ3v) is 4.17. The number of para-hydroxylation sites is 1. The zero-order valence-electron chi connectivity index (χ0n) is 13.2. The van der Waals surface area contributed by atoms with Crippen LogP contribution in [0.25, 0.3) is 0 Å². The lowest BCUT2D eigenvalue weighted by Gasteiger charge is -2.16. The average Bonchev–Trinajstić information content (AvgIpc) is 3.11. The van der Waals surface area contributed by atoms with Gasteiger partial charge in [-0.2, -0.15) is 0 Å². The molecule has 24 heavy (non-hydrogen) atoms. The van der Waals surface area contributed by atoms with Gasteiger partial charge in [0.05, 0.1) is 5.92 Å². The van der Waals surface area contributed by atoms with Crippen LogP contribution >= 0.6 is 0 Å². The molecule has 1 atom stereocenters. The number of carboxylic acid groups (broad SMARTS) is 1. The lowest BCUT2D eigenvalue weighted by atomic mass is 10.1. The first-order valence-electron chi connectivity index (χ1n) is 7.92. The minimum absolute atomic E-state index is 0.116. The summed E-state index contributed by atoms with van der Waals surface area (Å²) >= 11 is 0. The van der Waals surface area contributed by atoms with E-state index in [4.69, 9.17) is 9.84 Å². The monoisotopic (exact) mass is 325 g/mol. The molecule has 3 rings (SSSR count). The molecule has 0 radical (unpaired) electrons. The number of amides is 1. The van der Waals surface area contributed by atoms with Gasteiger partial charge in [-0.05, 0) is 36.2 Å². The third-order valence-electron chi connectivity index (χ3n) is 4.17. The quantitative estimate of drug-likeness (QED) is 0.918. The molecule has 1 heterocycles. The number of aliphatic carboxylic acids is 1. The molecule has 1 unspecified atom stereocenters. The number of rotatable bonds is 5. The molecule has 124 valence electrons. The lowest BCUT2D eigenvalue weighted by molar-refractivity contribution is -0.141. The molecule has 2 aromatic carbocycles. The number of likely N-dealkylation sites (tertiary alicyclic amines) is 1. The van der Waals surface area contributed by atoms with Crippen molar-refractivity contribution < 1.29 is 19.4 Å². The Balaban J connectivity index is 1.58. The van der Waals surface area contributed by atoms with Crippen LogP contribution in [0.15, 0.2) is 54.6 Å². The van der Waals surface area contributed by atoms with Gasteiger partial charge in [-0.25, -0.2) is 0 Å². The Kier molecular flexibility index (Phi) is 4.79. The molecule has 2 aromatic rings. The molecule has 1 fully saturated rings. The number of carboxylic acids is 1. The van der Waals surface area contributed by atoms with Crippen molar-refractivity contribution in [2.45, 2.75) is 13.0 Å². The van der Waals surface area contributed by atoms with E-state index >= 15 is 0 Å². The topological polar surface area (TPSA) is 66.8 Å². The summed E-state index contributed by atoms with van der Waals surface area (Å²) < 4.78 is 5.67. The Morgan fingerprint density at radius 3 is 2.42 bits per heavy atom. The van der Waals surface area contributed by atoms with E-state index in [1.165, 1.54) is 0 Å². The van der Waals surface area contributed by atoms with E-state index in [2.05, 4.69) is 0 Å². The molecule has 1 N–H and O–H groups in total. The molecule has 1 aliphatic rings. The number of hydrogen-bond donors (Lipinski definition) is 1. The number of carbonyl (C=O) groups excluding carboxylic acids is 1. The highest BCUT2D eigenvalue weighted by molar-refractivity contribution is 5.94. The molecule has 0 spiro atoms. The number of nitrogens with zero attached hydrogens (tertiary/aromatic N) is 1. The number of carbonyl (C=O) groups is 2. The van der Waals surface area contributed by atoms with Gasteiger partial charge in [0.15, 0.2) is 0 Å². The molecule has 1 aliphatic heterocycles. The standard InChI is InChI=1S/C19H19NO4/c21-18(20-11-10-16(12-20)19(22)23)15-8-6-14(7-9-15)13-24-17-4-2-1-3-5-17/h1-9,16H,10-13H2,(H,22,23). The van der Waals surface area contributed by atoms with Crippen LogP contribution in [0.5, 0.6) is 5.75 Å². The van der Waals surface area contributed by atoms with E-state index in [0.29, 0.717) is 25.1 Å². The van der Waals surface area contributed by atoms with Gasteiger partial charge >= 0.3 is 5.97 Å². The van der Waals surface area contributed by atoms with Gasteiger partial charge in [-0.1, -0.05) is 30.3 Å². The molecule has 5 nitrogen and oxygen atoms in total. The van der Waals surface area contributed by atoms with E-state index in [0.717, 1.165) is 11.3 Å². The van der Waals surface area contributed by atoms with Crippen molar-refractivity contribution in [2.75, 3.05) is 13.1 Å². The average molecular weight is 325 g/mol. The van der Waals surface area contributed by atoms with Gasteiger partial charge in [0.1, 0.15) is 12.4 Å². The molecule has 1 amide bonds. The molecule has 0 bridgehead atoms. The number of hydrogen-bond acceptors (Lipinski definition) is 3. The summed E-state index contributed by atoms with van der Waals surface area (Å²) in [6, 6.07) is 16.8. The second-order valence-electron chi connectivity index (χ2n) is 5.87. The first kappa shape index (κ1) is 16.1.